The molecule has 1 aromatic rings. The van der Waals surface area contributed by atoms with Crippen molar-refractivity contribution in [2.24, 2.45) is 5.92 Å². The number of nitrogens with two attached hydrogens (primary N) is 1. The molecule has 2 unspecified atom stereocenters. The molecular formula is C13H22N4O4. The number of aliphatic hydroxyl groups excluding tert-OH is 1. The number of methoxy groups -OCH3 is 1. The van der Waals surface area contributed by atoms with Gasteiger partial charge in [0.2, 0.25) is 0 Å². The Morgan fingerprint density at radius 2 is 2.24 bits per heavy atom. The predicted octanol–water partition coefficient (Wildman–Crippen LogP) is -0.662. The molecule has 0 bridgehead atoms. The average Bonchev–Trinajstić information content (AvgIpc) is 2.90. The van der Waals surface area contributed by atoms with Gasteiger partial charge in [-0.2, -0.15) is 0 Å². The normalized spacial score (nSPS) is 21.6. The van der Waals surface area contributed by atoms with Crippen molar-refractivity contribution in [3.05, 3.63) is 20.8 Å². The van der Waals surface area contributed by atoms with Gasteiger partial charge in [0.15, 0.2) is 0 Å². The Kier molecular flexibility index (Phi) is 5.03. The Morgan fingerprint density at radius 1 is 1.48 bits per heavy atom. The summed E-state index contributed by atoms with van der Waals surface area (Å²) < 4.78 is 6.21. The van der Waals surface area contributed by atoms with Crippen LogP contribution in [0.3, 0.4) is 0 Å². The van der Waals surface area contributed by atoms with Crippen LogP contribution in [0.4, 0.5) is 11.5 Å². The molecule has 1 fully saturated rings. The smallest absolute Gasteiger partial charge is 0.330 e. The third-order valence-electron chi connectivity index (χ3n) is 3.98. The van der Waals surface area contributed by atoms with Crippen LogP contribution in [0.2, 0.25) is 0 Å². The average molecular weight is 298 g/mol. The number of nitrogen functional groups attached to an aromatic ring is 1. The van der Waals surface area contributed by atoms with E-state index in [1.54, 1.807) is 0 Å². The highest BCUT2D eigenvalue weighted by Crippen LogP contribution is 2.28. The molecule has 8 nitrogen and oxygen atoms in total. The van der Waals surface area contributed by atoms with E-state index < -0.39 is 11.2 Å². The van der Waals surface area contributed by atoms with E-state index >= 15 is 0 Å². The fourth-order valence-corrected chi connectivity index (χ4v) is 2.76. The summed E-state index contributed by atoms with van der Waals surface area (Å²) in [5.41, 5.74) is 5.06. The van der Waals surface area contributed by atoms with Gasteiger partial charge >= 0.3 is 5.69 Å². The van der Waals surface area contributed by atoms with E-state index in [1.165, 1.54) is 11.7 Å². The summed E-state index contributed by atoms with van der Waals surface area (Å²) in [5, 5.41) is 12.4. The SMILES string of the molecule is COCCn1c(N)c(NC2CCCC2CO)c(=O)[nH]c1=O. The van der Waals surface area contributed by atoms with Gasteiger partial charge in [0.1, 0.15) is 11.5 Å². The number of rotatable bonds is 6. The Hall–Kier alpha value is -1.80. The van der Waals surface area contributed by atoms with Gasteiger partial charge in [-0.25, -0.2) is 4.79 Å². The van der Waals surface area contributed by atoms with E-state index in [9.17, 15) is 14.7 Å². The summed E-state index contributed by atoms with van der Waals surface area (Å²) in [5.74, 6) is 0.201. The number of aliphatic hydroxyl groups is 1. The van der Waals surface area contributed by atoms with Gasteiger partial charge in [-0.15, -0.1) is 0 Å². The van der Waals surface area contributed by atoms with Gasteiger partial charge in [0.05, 0.1) is 13.2 Å². The molecule has 2 rings (SSSR count). The van der Waals surface area contributed by atoms with Crippen molar-refractivity contribution in [1.82, 2.24) is 9.55 Å². The van der Waals surface area contributed by atoms with Gasteiger partial charge in [0.25, 0.3) is 5.56 Å². The molecule has 0 saturated heterocycles. The highest BCUT2D eigenvalue weighted by Gasteiger charge is 2.28. The van der Waals surface area contributed by atoms with Gasteiger partial charge in [-0.05, 0) is 12.8 Å². The minimum absolute atomic E-state index is 0.00761. The number of hydrogen-bond donors (Lipinski definition) is 4. The summed E-state index contributed by atoms with van der Waals surface area (Å²) in [6, 6.07) is -0.00761. The molecule has 0 aromatic carbocycles. The number of ether oxygens (including phenoxy) is 1. The predicted molar refractivity (Wildman–Crippen MR) is 79.4 cm³/mol. The van der Waals surface area contributed by atoms with Crippen LogP contribution in [-0.2, 0) is 11.3 Å². The number of aromatic nitrogens is 2. The highest BCUT2D eigenvalue weighted by atomic mass is 16.5. The number of anilines is 2. The summed E-state index contributed by atoms with van der Waals surface area (Å²) in [6.45, 7) is 0.651. The molecule has 1 aromatic heterocycles. The van der Waals surface area contributed by atoms with Crippen molar-refractivity contribution in [1.29, 1.82) is 0 Å². The maximum atomic E-state index is 12.0. The largest absolute Gasteiger partial charge is 0.396 e. The molecule has 0 amide bonds. The fraction of sp³-hybridized carbons (Fsp3) is 0.692. The van der Waals surface area contributed by atoms with Gasteiger partial charge in [-0.1, -0.05) is 6.42 Å². The van der Waals surface area contributed by atoms with E-state index in [-0.39, 0.29) is 36.6 Å². The second kappa shape index (κ2) is 6.77. The molecule has 118 valence electrons. The quantitative estimate of drug-likeness (QED) is 0.553. The van der Waals surface area contributed by atoms with E-state index in [1.807, 2.05) is 0 Å². The first kappa shape index (κ1) is 15.6. The standard InChI is InChI=1S/C13H22N4O4/c1-21-6-5-17-11(14)10(12(19)16-13(17)20)15-9-4-2-3-8(9)7-18/h8-9,15,18H,2-7,14H2,1H3,(H,16,19,20). The van der Waals surface area contributed by atoms with Crippen LogP contribution in [0.1, 0.15) is 19.3 Å². The molecule has 1 aliphatic carbocycles. The lowest BCUT2D eigenvalue weighted by atomic mass is 10.1. The minimum Gasteiger partial charge on any atom is -0.396 e. The Labute approximate surface area is 121 Å². The van der Waals surface area contributed by atoms with Crippen LogP contribution in [0.15, 0.2) is 9.59 Å². The molecule has 1 heterocycles. The van der Waals surface area contributed by atoms with E-state index in [0.717, 1.165) is 19.3 Å². The van der Waals surface area contributed by atoms with Crippen molar-refractivity contribution < 1.29 is 9.84 Å². The van der Waals surface area contributed by atoms with Crippen LogP contribution in [0, 0.1) is 5.92 Å². The summed E-state index contributed by atoms with van der Waals surface area (Å²) in [6.07, 6.45) is 2.76. The molecule has 1 saturated carbocycles. The molecule has 8 heteroatoms. The Bertz CT molecular complexity index is 595. The van der Waals surface area contributed by atoms with Gasteiger partial charge < -0.3 is 20.9 Å². The zero-order valence-corrected chi connectivity index (χ0v) is 12.1. The maximum Gasteiger partial charge on any atom is 0.330 e. The molecule has 5 N–H and O–H groups in total. The lowest BCUT2D eigenvalue weighted by Crippen LogP contribution is -2.37. The summed E-state index contributed by atoms with van der Waals surface area (Å²) in [4.78, 5) is 26.0. The molecule has 0 aliphatic heterocycles. The number of nitrogens with one attached hydrogen (secondary N) is 2. The summed E-state index contributed by atoms with van der Waals surface area (Å²) >= 11 is 0. The first-order valence-electron chi connectivity index (χ1n) is 7.07. The van der Waals surface area contributed by atoms with Crippen LogP contribution >= 0.6 is 0 Å². The van der Waals surface area contributed by atoms with E-state index in [0.29, 0.717) is 6.61 Å². The molecule has 0 spiro atoms. The highest BCUT2D eigenvalue weighted by molar-refractivity contribution is 5.61. The third kappa shape index (κ3) is 3.27. The molecule has 21 heavy (non-hydrogen) atoms. The van der Waals surface area contributed by atoms with E-state index in [2.05, 4.69) is 10.3 Å². The van der Waals surface area contributed by atoms with Crippen molar-refractivity contribution in [3.63, 3.8) is 0 Å². The first-order valence-corrected chi connectivity index (χ1v) is 7.07. The number of nitrogens with zero attached hydrogens (tertiary/aromatic N) is 1. The lowest BCUT2D eigenvalue weighted by molar-refractivity contribution is 0.186. The number of hydrogen-bond acceptors (Lipinski definition) is 6. The van der Waals surface area contributed by atoms with Gasteiger partial charge in [-0.3, -0.25) is 14.3 Å². The van der Waals surface area contributed by atoms with Crippen molar-refractivity contribution >= 4 is 11.5 Å². The fourth-order valence-electron chi connectivity index (χ4n) is 2.76. The minimum atomic E-state index is -0.551. The van der Waals surface area contributed by atoms with Crippen LogP contribution in [0.5, 0.6) is 0 Å². The van der Waals surface area contributed by atoms with Crippen molar-refractivity contribution in [3.8, 4) is 0 Å². The van der Waals surface area contributed by atoms with Crippen LogP contribution < -0.4 is 22.3 Å². The number of H-pyrrole nitrogens is 1. The van der Waals surface area contributed by atoms with Crippen molar-refractivity contribution in [2.75, 3.05) is 31.4 Å². The second-order valence-corrected chi connectivity index (χ2v) is 5.29. The van der Waals surface area contributed by atoms with E-state index in [4.69, 9.17) is 10.5 Å². The van der Waals surface area contributed by atoms with Crippen molar-refractivity contribution in [2.45, 2.75) is 31.8 Å². The first-order chi connectivity index (χ1) is 10.1. The molecular weight excluding hydrogens is 276 g/mol. The van der Waals surface area contributed by atoms with Crippen LogP contribution in [-0.4, -0.2) is 41.0 Å². The maximum absolute atomic E-state index is 12.0. The number of aromatic amines is 1. The second-order valence-electron chi connectivity index (χ2n) is 5.29. The van der Waals surface area contributed by atoms with Gasteiger partial charge in [0, 0.05) is 25.7 Å². The molecule has 0 radical (unpaired) electrons. The molecule has 1 aliphatic rings. The molecule has 2 atom stereocenters. The Balaban J connectivity index is 2.30. The monoisotopic (exact) mass is 298 g/mol. The summed E-state index contributed by atoms with van der Waals surface area (Å²) in [7, 11) is 1.52. The lowest BCUT2D eigenvalue weighted by Gasteiger charge is -2.21. The zero-order chi connectivity index (χ0) is 15.4. The Morgan fingerprint density at radius 3 is 2.90 bits per heavy atom. The topological polar surface area (TPSA) is 122 Å². The zero-order valence-electron chi connectivity index (χ0n) is 12.1. The third-order valence-corrected chi connectivity index (χ3v) is 3.98. The van der Waals surface area contributed by atoms with Crippen LogP contribution in [0.25, 0.3) is 0 Å².